The lowest BCUT2D eigenvalue weighted by Gasteiger charge is -2.05. The van der Waals surface area contributed by atoms with Crippen molar-refractivity contribution in [2.75, 3.05) is 0 Å². The van der Waals surface area contributed by atoms with E-state index in [-0.39, 0.29) is 5.69 Å². The van der Waals surface area contributed by atoms with Crippen LogP contribution >= 0.6 is 0 Å². The van der Waals surface area contributed by atoms with Crippen LogP contribution in [0.5, 0.6) is 0 Å². The first-order chi connectivity index (χ1) is 9.54. The molecule has 1 N–H and O–H groups in total. The van der Waals surface area contributed by atoms with Crippen LogP contribution in [0, 0.1) is 10.1 Å². The van der Waals surface area contributed by atoms with Crippen LogP contribution in [0.4, 0.5) is 5.69 Å². The van der Waals surface area contributed by atoms with Gasteiger partial charge in [0.05, 0.1) is 17.7 Å². The fraction of sp³-hybridized carbons (Fsp3) is 0.357. The molecule has 0 aliphatic heterocycles. The van der Waals surface area contributed by atoms with E-state index in [2.05, 4.69) is 24.3 Å². The molecule has 0 aliphatic rings. The van der Waals surface area contributed by atoms with Gasteiger partial charge < -0.3 is 5.32 Å². The number of hydrogen-bond acceptors (Lipinski definition) is 4. The zero-order chi connectivity index (χ0) is 14.5. The topological polar surface area (TPSA) is 73.0 Å². The number of non-ortho nitro benzene ring substituents is 1. The van der Waals surface area contributed by atoms with Gasteiger partial charge in [-0.15, -0.1) is 0 Å². The maximum atomic E-state index is 10.6. The normalized spacial score (nSPS) is 10.9. The third-order valence-electron chi connectivity index (χ3n) is 2.89. The van der Waals surface area contributed by atoms with Gasteiger partial charge in [-0.3, -0.25) is 14.8 Å². The Kier molecular flexibility index (Phi) is 4.47. The smallest absolute Gasteiger partial charge is 0.269 e. The molecule has 0 amide bonds. The predicted octanol–water partition coefficient (Wildman–Crippen LogP) is 2.34. The number of nitrogens with zero attached hydrogens (tertiary/aromatic N) is 3. The number of aromatic nitrogens is 2. The highest BCUT2D eigenvalue weighted by Gasteiger charge is 2.05. The molecule has 6 heteroatoms. The Hall–Kier alpha value is -2.21. The van der Waals surface area contributed by atoms with Crippen LogP contribution in [0.2, 0.25) is 0 Å². The van der Waals surface area contributed by atoms with E-state index in [4.69, 9.17) is 0 Å². The number of hydrogen-bond donors (Lipinski definition) is 1. The molecule has 1 aromatic carbocycles. The summed E-state index contributed by atoms with van der Waals surface area (Å²) in [4.78, 5) is 10.2. The van der Waals surface area contributed by atoms with Gasteiger partial charge in [0.15, 0.2) is 0 Å². The minimum absolute atomic E-state index is 0.107. The van der Waals surface area contributed by atoms with Gasteiger partial charge in [0.2, 0.25) is 0 Å². The molecule has 0 saturated heterocycles. The molecule has 2 rings (SSSR count). The minimum atomic E-state index is -0.395. The lowest BCUT2D eigenvalue weighted by molar-refractivity contribution is -0.384. The van der Waals surface area contributed by atoms with Gasteiger partial charge in [-0.05, 0) is 5.56 Å². The van der Waals surface area contributed by atoms with E-state index in [1.54, 1.807) is 12.1 Å². The molecule has 1 heterocycles. The molecule has 0 atom stereocenters. The van der Waals surface area contributed by atoms with Gasteiger partial charge in [-0.2, -0.15) is 5.10 Å². The molecule has 106 valence electrons. The molecular formula is C14H18N4O2. The molecule has 2 aromatic rings. The molecule has 1 aromatic heterocycles. The highest BCUT2D eigenvalue weighted by molar-refractivity contribution is 5.32. The Balaban J connectivity index is 1.97. The van der Waals surface area contributed by atoms with Crippen molar-refractivity contribution in [1.29, 1.82) is 0 Å². The van der Waals surface area contributed by atoms with E-state index in [0.717, 1.165) is 17.7 Å². The number of rotatable bonds is 6. The summed E-state index contributed by atoms with van der Waals surface area (Å²) in [6.07, 6.45) is 3.82. The predicted molar refractivity (Wildman–Crippen MR) is 76.4 cm³/mol. The number of nitro groups is 1. The van der Waals surface area contributed by atoms with Crippen molar-refractivity contribution in [3.05, 3.63) is 57.9 Å². The van der Waals surface area contributed by atoms with Crippen LogP contribution < -0.4 is 5.32 Å². The summed E-state index contributed by atoms with van der Waals surface area (Å²) in [5.41, 5.74) is 2.22. The van der Waals surface area contributed by atoms with Gasteiger partial charge in [-0.1, -0.05) is 26.0 Å². The van der Waals surface area contributed by atoms with Crippen LogP contribution in [0.25, 0.3) is 0 Å². The van der Waals surface area contributed by atoms with Gasteiger partial charge in [0.1, 0.15) is 0 Å². The summed E-state index contributed by atoms with van der Waals surface area (Å²) in [5.74, 6) is 0. The number of benzene rings is 1. The maximum absolute atomic E-state index is 10.6. The average Bonchev–Trinajstić information content (AvgIpc) is 2.84. The van der Waals surface area contributed by atoms with Crippen LogP contribution in [-0.2, 0) is 13.1 Å². The summed E-state index contributed by atoms with van der Waals surface area (Å²) in [6.45, 7) is 5.60. The van der Waals surface area contributed by atoms with Crippen LogP contribution in [0.3, 0.4) is 0 Å². The summed E-state index contributed by atoms with van der Waals surface area (Å²) in [5, 5.41) is 18.2. The van der Waals surface area contributed by atoms with Crippen molar-refractivity contribution in [2.45, 2.75) is 33.0 Å². The molecule has 0 aliphatic carbocycles. The van der Waals surface area contributed by atoms with E-state index in [9.17, 15) is 10.1 Å². The van der Waals surface area contributed by atoms with Gasteiger partial charge >= 0.3 is 0 Å². The second-order valence-electron chi connectivity index (χ2n) is 5.01. The first-order valence-corrected chi connectivity index (χ1v) is 6.52. The Labute approximate surface area is 117 Å². The Morgan fingerprint density at radius 3 is 2.60 bits per heavy atom. The highest BCUT2D eigenvalue weighted by Crippen LogP contribution is 2.12. The SMILES string of the molecule is CC(C)NCc1cnn(Cc2ccc([N+](=O)[O-])cc2)c1. The van der Waals surface area contributed by atoms with E-state index < -0.39 is 4.92 Å². The van der Waals surface area contributed by atoms with Crippen molar-refractivity contribution < 1.29 is 4.92 Å². The van der Waals surface area contributed by atoms with Crippen LogP contribution in [0.15, 0.2) is 36.7 Å². The Morgan fingerprint density at radius 2 is 2.00 bits per heavy atom. The summed E-state index contributed by atoms with van der Waals surface area (Å²) in [6, 6.07) is 6.98. The monoisotopic (exact) mass is 274 g/mol. The van der Waals surface area contributed by atoms with Crippen molar-refractivity contribution in [3.8, 4) is 0 Å². The van der Waals surface area contributed by atoms with E-state index >= 15 is 0 Å². The quantitative estimate of drug-likeness (QED) is 0.648. The molecule has 0 fully saturated rings. The molecule has 0 radical (unpaired) electrons. The zero-order valence-corrected chi connectivity index (χ0v) is 11.6. The standard InChI is InChI=1S/C14H18N4O2/c1-11(2)15-7-13-8-16-17(10-13)9-12-3-5-14(6-4-12)18(19)20/h3-6,8,10-11,15H,7,9H2,1-2H3. The lowest BCUT2D eigenvalue weighted by atomic mass is 10.2. The Morgan fingerprint density at radius 1 is 1.30 bits per heavy atom. The fourth-order valence-corrected chi connectivity index (χ4v) is 1.82. The number of nitrogens with one attached hydrogen (secondary N) is 1. The molecule has 0 bridgehead atoms. The lowest BCUT2D eigenvalue weighted by Crippen LogP contribution is -2.21. The average molecular weight is 274 g/mol. The van der Waals surface area contributed by atoms with Crippen LogP contribution in [-0.4, -0.2) is 20.7 Å². The maximum Gasteiger partial charge on any atom is 0.269 e. The van der Waals surface area contributed by atoms with E-state index in [1.807, 2.05) is 17.1 Å². The zero-order valence-electron chi connectivity index (χ0n) is 11.6. The van der Waals surface area contributed by atoms with Crippen molar-refractivity contribution >= 4 is 5.69 Å². The molecule has 0 saturated carbocycles. The van der Waals surface area contributed by atoms with Crippen molar-refractivity contribution in [1.82, 2.24) is 15.1 Å². The van der Waals surface area contributed by atoms with E-state index in [0.29, 0.717) is 12.6 Å². The van der Waals surface area contributed by atoms with Crippen LogP contribution in [0.1, 0.15) is 25.0 Å². The van der Waals surface area contributed by atoms with E-state index in [1.165, 1.54) is 12.1 Å². The van der Waals surface area contributed by atoms with Crippen molar-refractivity contribution in [2.24, 2.45) is 0 Å². The van der Waals surface area contributed by atoms with Gasteiger partial charge in [0.25, 0.3) is 5.69 Å². The Bertz CT molecular complexity index is 575. The third-order valence-corrected chi connectivity index (χ3v) is 2.89. The second-order valence-corrected chi connectivity index (χ2v) is 5.01. The molecular weight excluding hydrogens is 256 g/mol. The molecule has 20 heavy (non-hydrogen) atoms. The summed E-state index contributed by atoms with van der Waals surface area (Å²) >= 11 is 0. The highest BCUT2D eigenvalue weighted by atomic mass is 16.6. The number of nitro benzene ring substituents is 1. The van der Waals surface area contributed by atoms with Gasteiger partial charge in [-0.25, -0.2) is 0 Å². The molecule has 0 spiro atoms. The fourth-order valence-electron chi connectivity index (χ4n) is 1.82. The second kappa shape index (κ2) is 6.29. The summed E-state index contributed by atoms with van der Waals surface area (Å²) in [7, 11) is 0. The molecule has 0 unspecified atom stereocenters. The summed E-state index contributed by atoms with van der Waals surface area (Å²) < 4.78 is 1.83. The largest absolute Gasteiger partial charge is 0.310 e. The first kappa shape index (κ1) is 14.2. The first-order valence-electron chi connectivity index (χ1n) is 6.52. The van der Waals surface area contributed by atoms with Gasteiger partial charge in [0, 0.05) is 36.5 Å². The minimum Gasteiger partial charge on any atom is -0.310 e. The third kappa shape index (κ3) is 3.89. The van der Waals surface area contributed by atoms with Crippen molar-refractivity contribution in [3.63, 3.8) is 0 Å². The molecule has 6 nitrogen and oxygen atoms in total.